The van der Waals surface area contributed by atoms with Gasteiger partial charge in [0.15, 0.2) is 0 Å². The zero-order valence-corrected chi connectivity index (χ0v) is 8.92. The molecule has 0 aliphatic carbocycles. The molecule has 0 spiro atoms. The van der Waals surface area contributed by atoms with E-state index >= 15 is 0 Å². The van der Waals surface area contributed by atoms with E-state index in [4.69, 9.17) is 0 Å². The maximum absolute atomic E-state index is 12.3. The molecule has 3 nitrogen and oxygen atoms in total. The minimum absolute atomic E-state index is 0.00167. The Morgan fingerprint density at radius 2 is 1.76 bits per heavy atom. The fourth-order valence-corrected chi connectivity index (χ4v) is 2.50. The standard InChI is InChI=1S/C14H8N2O/c17-14-11-6-2-4-9-3-1-5-10(12(9)11)13-15-7-8-16(13)14/h1-8H. The van der Waals surface area contributed by atoms with Gasteiger partial charge in [-0.15, -0.1) is 0 Å². The minimum atomic E-state index is 0.00167. The molecule has 0 fully saturated rings. The van der Waals surface area contributed by atoms with Crippen LogP contribution in [0.25, 0.3) is 27.2 Å². The number of rotatable bonds is 0. The van der Waals surface area contributed by atoms with Gasteiger partial charge in [-0.25, -0.2) is 4.98 Å². The van der Waals surface area contributed by atoms with Gasteiger partial charge in [0.2, 0.25) is 0 Å². The summed E-state index contributed by atoms with van der Waals surface area (Å²) in [5, 5.41) is 3.88. The summed E-state index contributed by atoms with van der Waals surface area (Å²) in [4.78, 5) is 16.6. The van der Waals surface area contributed by atoms with E-state index in [1.165, 1.54) is 0 Å². The fourth-order valence-electron chi connectivity index (χ4n) is 2.50. The molecule has 2 aromatic carbocycles. The van der Waals surface area contributed by atoms with E-state index in [0.717, 1.165) is 27.2 Å². The lowest BCUT2D eigenvalue weighted by Gasteiger charge is -2.05. The Morgan fingerprint density at radius 3 is 2.59 bits per heavy atom. The third-order valence-corrected chi connectivity index (χ3v) is 3.24. The molecule has 0 aliphatic rings. The lowest BCUT2D eigenvalue weighted by molar-refractivity contribution is 1.15. The molecule has 2 heterocycles. The van der Waals surface area contributed by atoms with Crippen LogP contribution >= 0.6 is 0 Å². The summed E-state index contributed by atoms with van der Waals surface area (Å²) in [7, 11) is 0. The van der Waals surface area contributed by atoms with Gasteiger partial charge in [-0.05, 0) is 11.5 Å². The Kier molecular flexibility index (Phi) is 1.45. The SMILES string of the molecule is O=c1c2cccc3cccc(c32)c2nccn12. The highest BCUT2D eigenvalue weighted by Crippen LogP contribution is 2.26. The number of fused-ring (bicyclic) bond motifs is 2. The Bertz CT molecular complexity index is 903. The summed E-state index contributed by atoms with van der Waals surface area (Å²) in [5.41, 5.74) is 0.737. The van der Waals surface area contributed by atoms with Gasteiger partial charge < -0.3 is 0 Å². The summed E-state index contributed by atoms with van der Waals surface area (Å²) >= 11 is 0. The first-order valence-corrected chi connectivity index (χ1v) is 5.46. The van der Waals surface area contributed by atoms with Crippen molar-refractivity contribution in [3.05, 3.63) is 59.1 Å². The second-order valence-electron chi connectivity index (χ2n) is 4.14. The molecule has 4 rings (SSSR count). The number of imidazole rings is 1. The van der Waals surface area contributed by atoms with Crippen molar-refractivity contribution in [2.45, 2.75) is 0 Å². The zero-order valence-electron chi connectivity index (χ0n) is 8.92. The van der Waals surface area contributed by atoms with Crippen molar-refractivity contribution in [1.29, 1.82) is 0 Å². The second kappa shape index (κ2) is 2.83. The molecule has 0 unspecified atom stereocenters. The quantitative estimate of drug-likeness (QED) is 0.456. The maximum atomic E-state index is 12.3. The molecule has 0 amide bonds. The summed E-state index contributed by atoms with van der Waals surface area (Å²) in [5.74, 6) is 0. The van der Waals surface area contributed by atoms with Crippen molar-refractivity contribution >= 4 is 27.2 Å². The molecule has 3 heteroatoms. The number of hydrogen-bond acceptors (Lipinski definition) is 2. The Labute approximate surface area is 96.3 Å². The molecule has 17 heavy (non-hydrogen) atoms. The second-order valence-corrected chi connectivity index (χ2v) is 4.14. The average Bonchev–Trinajstić information content (AvgIpc) is 2.85. The number of pyridine rings is 1. The number of nitrogens with zero attached hydrogens (tertiary/aromatic N) is 2. The number of hydrogen-bond donors (Lipinski definition) is 0. The molecule has 0 saturated heterocycles. The highest BCUT2D eigenvalue weighted by atomic mass is 16.1. The lowest BCUT2D eigenvalue weighted by atomic mass is 10.0. The van der Waals surface area contributed by atoms with Gasteiger partial charge in [0.25, 0.3) is 5.56 Å². The molecule has 0 radical (unpaired) electrons. The first kappa shape index (κ1) is 8.70. The Hall–Kier alpha value is -2.42. The molecule has 0 aliphatic heterocycles. The molecular weight excluding hydrogens is 212 g/mol. The third kappa shape index (κ3) is 0.959. The lowest BCUT2D eigenvalue weighted by Crippen LogP contribution is -2.12. The topological polar surface area (TPSA) is 34.4 Å². The van der Waals surface area contributed by atoms with E-state index in [1.807, 2.05) is 36.4 Å². The van der Waals surface area contributed by atoms with Crippen LogP contribution in [-0.2, 0) is 0 Å². The fraction of sp³-hybridized carbons (Fsp3) is 0. The van der Waals surface area contributed by atoms with Crippen LogP contribution in [0.1, 0.15) is 0 Å². The van der Waals surface area contributed by atoms with Crippen LogP contribution in [0, 0.1) is 0 Å². The van der Waals surface area contributed by atoms with Gasteiger partial charge in [0.1, 0.15) is 5.65 Å². The molecule has 80 valence electrons. The molecule has 4 aromatic rings. The van der Waals surface area contributed by atoms with Crippen molar-refractivity contribution in [2.24, 2.45) is 0 Å². The van der Waals surface area contributed by atoms with Gasteiger partial charge in [-0.2, -0.15) is 0 Å². The van der Waals surface area contributed by atoms with Crippen LogP contribution in [0.3, 0.4) is 0 Å². The van der Waals surface area contributed by atoms with E-state index in [2.05, 4.69) is 4.98 Å². The summed E-state index contributed by atoms with van der Waals surface area (Å²) in [6.07, 6.45) is 3.38. The highest BCUT2D eigenvalue weighted by molar-refractivity contribution is 6.14. The van der Waals surface area contributed by atoms with Gasteiger partial charge in [0.05, 0.1) is 0 Å². The summed E-state index contributed by atoms with van der Waals surface area (Å²) < 4.78 is 1.61. The van der Waals surface area contributed by atoms with E-state index in [0.29, 0.717) is 0 Å². The number of benzene rings is 2. The Morgan fingerprint density at radius 1 is 1.00 bits per heavy atom. The van der Waals surface area contributed by atoms with Gasteiger partial charge in [-0.1, -0.05) is 30.3 Å². The van der Waals surface area contributed by atoms with Crippen molar-refractivity contribution in [3.8, 4) is 0 Å². The van der Waals surface area contributed by atoms with Crippen LogP contribution in [0.2, 0.25) is 0 Å². The Balaban J connectivity index is 2.56. The van der Waals surface area contributed by atoms with Gasteiger partial charge >= 0.3 is 0 Å². The highest BCUT2D eigenvalue weighted by Gasteiger charge is 2.10. The summed E-state index contributed by atoms with van der Waals surface area (Å²) in [6.45, 7) is 0. The summed E-state index contributed by atoms with van der Waals surface area (Å²) in [6, 6.07) is 11.8. The van der Waals surface area contributed by atoms with Crippen molar-refractivity contribution in [1.82, 2.24) is 9.38 Å². The molecule has 2 aromatic heterocycles. The van der Waals surface area contributed by atoms with Crippen molar-refractivity contribution in [3.63, 3.8) is 0 Å². The van der Waals surface area contributed by atoms with Gasteiger partial charge in [0, 0.05) is 28.6 Å². The first-order valence-electron chi connectivity index (χ1n) is 5.46. The number of aromatic nitrogens is 2. The van der Waals surface area contributed by atoms with Crippen molar-refractivity contribution in [2.75, 3.05) is 0 Å². The molecule has 0 atom stereocenters. The normalized spacial score (nSPS) is 11.8. The largest absolute Gasteiger partial charge is 0.268 e. The predicted molar refractivity (Wildman–Crippen MR) is 67.7 cm³/mol. The molecule has 0 bridgehead atoms. The predicted octanol–water partition coefficient (Wildman–Crippen LogP) is 2.44. The van der Waals surface area contributed by atoms with Crippen LogP contribution in [0.15, 0.2) is 53.6 Å². The first-order chi connectivity index (χ1) is 8.36. The van der Waals surface area contributed by atoms with E-state index in [-0.39, 0.29) is 5.56 Å². The molecule has 0 N–H and O–H groups in total. The molecule has 0 saturated carbocycles. The average molecular weight is 220 g/mol. The van der Waals surface area contributed by atoms with Crippen LogP contribution in [0.4, 0.5) is 0 Å². The smallest absolute Gasteiger partial charge is 0.264 e. The monoisotopic (exact) mass is 220 g/mol. The van der Waals surface area contributed by atoms with E-state index < -0.39 is 0 Å². The van der Waals surface area contributed by atoms with Crippen LogP contribution in [0.5, 0.6) is 0 Å². The van der Waals surface area contributed by atoms with E-state index in [9.17, 15) is 4.79 Å². The maximum Gasteiger partial charge on any atom is 0.264 e. The van der Waals surface area contributed by atoms with E-state index in [1.54, 1.807) is 16.8 Å². The third-order valence-electron chi connectivity index (χ3n) is 3.24. The molecular formula is C14H8N2O. The van der Waals surface area contributed by atoms with Crippen LogP contribution < -0.4 is 5.56 Å². The van der Waals surface area contributed by atoms with Gasteiger partial charge in [-0.3, -0.25) is 9.20 Å². The minimum Gasteiger partial charge on any atom is -0.268 e. The zero-order chi connectivity index (χ0) is 11.4. The van der Waals surface area contributed by atoms with Crippen LogP contribution in [-0.4, -0.2) is 9.38 Å². The van der Waals surface area contributed by atoms with Crippen molar-refractivity contribution < 1.29 is 0 Å².